The van der Waals surface area contributed by atoms with Gasteiger partial charge in [-0.3, -0.25) is 4.98 Å². The molecule has 0 radical (unpaired) electrons. The van der Waals surface area contributed by atoms with Crippen LogP contribution in [-0.4, -0.2) is 4.98 Å². The fourth-order valence-electron chi connectivity index (χ4n) is 2.14. The van der Waals surface area contributed by atoms with E-state index in [2.05, 4.69) is 4.98 Å². The van der Waals surface area contributed by atoms with Crippen LogP contribution < -0.4 is 5.73 Å². The van der Waals surface area contributed by atoms with Crippen molar-refractivity contribution in [3.05, 3.63) is 46.9 Å². The highest BCUT2D eigenvalue weighted by Crippen LogP contribution is 2.29. The maximum Gasteiger partial charge on any atom is 0.123 e. The lowest BCUT2D eigenvalue weighted by atomic mass is 9.96. The number of nitrogens with two attached hydrogens (primary N) is 1. The Bertz CT molecular complexity index is 553. The minimum absolute atomic E-state index is 0.211. The second-order valence-corrected chi connectivity index (χ2v) is 4.35. The Kier molecular flexibility index (Phi) is 2.84. The van der Waals surface area contributed by atoms with Gasteiger partial charge in [-0.2, -0.15) is 0 Å². The Morgan fingerprint density at radius 3 is 2.12 bits per heavy atom. The van der Waals surface area contributed by atoms with Crippen molar-refractivity contribution in [2.24, 2.45) is 0 Å². The van der Waals surface area contributed by atoms with Crippen LogP contribution in [0.2, 0.25) is 0 Å². The first-order valence-electron chi connectivity index (χ1n) is 5.48. The first-order valence-corrected chi connectivity index (χ1v) is 5.48. The molecule has 1 aromatic carbocycles. The van der Waals surface area contributed by atoms with Gasteiger partial charge in [0.1, 0.15) is 5.82 Å². The molecule has 0 saturated heterocycles. The van der Waals surface area contributed by atoms with Crippen LogP contribution >= 0.6 is 0 Å². The average Bonchev–Trinajstić information content (AvgIpc) is 2.19. The molecule has 2 rings (SSSR count). The lowest BCUT2D eigenvalue weighted by Crippen LogP contribution is -1.97. The topological polar surface area (TPSA) is 38.9 Å². The number of rotatable bonds is 1. The minimum atomic E-state index is -0.211. The van der Waals surface area contributed by atoms with E-state index in [1.807, 2.05) is 26.8 Å². The molecule has 0 amide bonds. The highest BCUT2D eigenvalue weighted by atomic mass is 19.1. The van der Waals surface area contributed by atoms with Gasteiger partial charge < -0.3 is 5.73 Å². The summed E-state index contributed by atoms with van der Waals surface area (Å²) in [5, 5.41) is 0. The molecule has 3 heteroatoms. The van der Waals surface area contributed by atoms with E-state index in [9.17, 15) is 4.39 Å². The van der Waals surface area contributed by atoms with E-state index in [-0.39, 0.29) is 5.82 Å². The third kappa shape index (κ3) is 2.13. The summed E-state index contributed by atoms with van der Waals surface area (Å²) >= 11 is 0. The molecule has 0 saturated carbocycles. The molecule has 2 aromatic rings. The molecular formula is C14H15FN2. The summed E-state index contributed by atoms with van der Waals surface area (Å²) in [6, 6.07) is 4.93. The van der Waals surface area contributed by atoms with Crippen molar-refractivity contribution in [2.45, 2.75) is 20.8 Å². The Hall–Kier alpha value is -1.90. The van der Waals surface area contributed by atoms with Crippen molar-refractivity contribution in [3.8, 4) is 11.3 Å². The Balaban J connectivity index is 2.68. The largest absolute Gasteiger partial charge is 0.397 e. The van der Waals surface area contributed by atoms with Crippen molar-refractivity contribution >= 4 is 5.69 Å². The SMILES string of the molecule is Cc1cc(N)cnc1-c1c(C)cc(F)cc1C. The first kappa shape index (κ1) is 11.6. The van der Waals surface area contributed by atoms with Gasteiger partial charge in [0.25, 0.3) is 0 Å². The van der Waals surface area contributed by atoms with Gasteiger partial charge in [-0.05, 0) is 55.7 Å². The van der Waals surface area contributed by atoms with E-state index in [0.717, 1.165) is 27.9 Å². The highest BCUT2D eigenvalue weighted by molar-refractivity contribution is 5.71. The molecule has 0 atom stereocenters. The third-order valence-corrected chi connectivity index (χ3v) is 2.83. The number of benzene rings is 1. The van der Waals surface area contributed by atoms with E-state index in [1.54, 1.807) is 6.20 Å². The molecule has 2 nitrogen and oxygen atoms in total. The number of halogens is 1. The zero-order valence-electron chi connectivity index (χ0n) is 10.2. The molecular weight excluding hydrogens is 215 g/mol. The standard InChI is InChI=1S/C14H15FN2/c1-8-4-11(15)5-9(2)13(8)14-10(3)6-12(16)7-17-14/h4-7H,16H2,1-3H3. The molecule has 0 fully saturated rings. The molecule has 17 heavy (non-hydrogen) atoms. The van der Waals surface area contributed by atoms with Crippen molar-refractivity contribution in [1.82, 2.24) is 4.98 Å². The number of hydrogen-bond acceptors (Lipinski definition) is 2. The van der Waals surface area contributed by atoms with Gasteiger partial charge in [0.05, 0.1) is 17.6 Å². The molecule has 0 aliphatic rings. The fourth-order valence-corrected chi connectivity index (χ4v) is 2.14. The van der Waals surface area contributed by atoms with E-state index in [1.165, 1.54) is 12.1 Å². The number of hydrogen-bond donors (Lipinski definition) is 1. The predicted octanol–water partition coefficient (Wildman–Crippen LogP) is 3.40. The maximum atomic E-state index is 13.2. The molecule has 0 aliphatic heterocycles. The van der Waals surface area contributed by atoms with E-state index < -0.39 is 0 Å². The molecule has 1 aromatic heterocycles. The molecule has 0 aliphatic carbocycles. The van der Waals surface area contributed by atoms with Crippen molar-refractivity contribution in [1.29, 1.82) is 0 Å². The van der Waals surface area contributed by atoms with Crippen molar-refractivity contribution in [3.63, 3.8) is 0 Å². The predicted molar refractivity (Wildman–Crippen MR) is 68.3 cm³/mol. The first-order chi connectivity index (χ1) is 7.99. The molecule has 0 unspecified atom stereocenters. The summed E-state index contributed by atoms with van der Waals surface area (Å²) in [5.41, 5.74) is 11.0. The summed E-state index contributed by atoms with van der Waals surface area (Å²) in [6.45, 7) is 5.74. The fraction of sp³-hybridized carbons (Fsp3) is 0.214. The third-order valence-electron chi connectivity index (χ3n) is 2.83. The van der Waals surface area contributed by atoms with Crippen molar-refractivity contribution in [2.75, 3.05) is 5.73 Å². The number of anilines is 1. The summed E-state index contributed by atoms with van der Waals surface area (Å²) in [5.74, 6) is -0.211. The zero-order chi connectivity index (χ0) is 12.6. The van der Waals surface area contributed by atoms with Crippen LogP contribution in [0, 0.1) is 26.6 Å². The molecule has 88 valence electrons. The summed E-state index contributed by atoms with van der Waals surface area (Å²) in [4.78, 5) is 4.35. The van der Waals surface area contributed by atoms with Gasteiger partial charge in [0.2, 0.25) is 0 Å². The van der Waals surface area contributed by atoms with E-state index in [4.69, 9.17) is 5.73 Å². The van der Waals surface area contributed by atoms with Gasteiger partial charge in [-0.1, -0.05) is 0 Å². The molecule has 2 N–H and O–H groups in total. The van der Waals surface area contributed by atoms with Crippen LogP contribution in [-0.2, 0) is 0 Å². The van der Waals surface area contributed by atoms with Crippen LogP contribution in [0.5, 0.6) is 0 Å². The number of nitrogen functional groups attached to an aromatic ring is 1. The lowest BCUT2D eigenvalue weighted by Gasteiger charge is -2.12. The average molecular weight is 230 g/mol. The quantitative estimate of drug-likeness (QED) is 0.815. The minimum Gasteiger partial charge on any atom is -0.397 e. The normalized spacial score (nSPS) is 10.6. The van der Waals surface area contributed by atoms with Crippen molar-refractivity contribution < 1.29 is 4.39 Å². The monoisotopic (exact) mass is 230 g/mol. The van der Waals surface area contributed by atoms with Crippen LogP contribution in [0.15, 0.2) is 24.4 Å². The van der Waals surface area contributed by atoms with E-state index >= 15 is 0 Å². The van der Waals surface area contributed by atoms with Gasteiger partial charge in [0, 0.05) is 5.56 Å². The Morgan fingerprint density at radius 2 is 1.59 bits per heavy atom. The number of nitrogens with zero attached hydrogens (tertiary/aromatic N) is 1. The van der Waals surface area contributed by atoms with Gasteiger partial charge in [-0.15, -0.1) is 0 Å². The van der Waals surface area contributed by atoms with Gasteiger partial charge in [0.15, 0.2) is 0 Å². The molecule has 0 spiro atoms. The van der Waals surface area contributed by atoms with Crippen LogP contribution in [0.1, 0.15) is 16.7 Å². The van der Waals surface area contributed by atoms with Crippen LogP contribution in [0.3, 0.4) is 0 Å². The Morgan fingerprint density at radius 1 is 1.00 bits per heavy atom. The van der Waals surface area contributed by atoms with E-state index in [0.29, 0.717) is 5.69 Å². The zero-order valence-corrected chi connectivity index (χ0v) is 10.2. The maximum absolute atomic E-state index is 13.2. The molecule has 1 heterocycles. The van der Waals surface area contributed by atoms with Gasteiger partial charge >= 0.3 is 0 Å². The summed E-state index contributed by atoms with van der Waals surface area (Å²) in [7, 11) is 0. The summed E-state index contributed by atoms with van der Waals surface area (Å²) < 4.78 is 13.2. The Labute approximate surface area is 100 Å². The van der Waals surface area contributed by atoms with Crippen LogP contribution in [0.25, 0.3) is 11.3 Å². The number of pyridine rings is 1. The summed E-state index contributed by atoms with van der Waals surface area (Å²) in [6.07, 6.45) is 1.63. The number of aromatic nitrogens is 1. The second kappa shape index (κ2) is 4.17. The van der Waals surface area contributed by atoms with Crippen LogP contribution in [0.4, 0.5) is 10.1 Å². The lowest BCUT2D eigenvalue weighted by molar-refractivity contribution is 0.625. The number of aryl methyl sites for hydroxylation is 3. The smallest absolute Gasteiger partial charge is 0.123 e. The van der Waals surface area contributed by atoms with Gasteiger partial charge in [-0.25, -0.2) is 4.39 Å². The molecule has 0 bridgehead atoms. The highest BCUT2D eigenvalue weighted by Gasteiger charge is 2.11. The second-order valence-electron chi connectivity index (χ2n) is 4.35.